The zero-order valence-electron chi connectivity index (χ0n) is 20.8. The van der Waals surface area contributed by atoms with Gasteiger partial charge in [-0.2, -0.15) is 0 Å². The number of amides is 1. The number of sulfonamides is 1. The summed E-state index contributed by atoms with van der Waals surface area (Å²) in [6.45, 7) is -0.104. The molecular weight excluding hydrogens is 506 g/mol. The number of nitrogens with one attached hydrogen (secondary N) is 1. The maximum absolute atomic E-state index is 13.0. The molecule has 0 fully saturated rings. The standard InChI is InChI=1S/C28H25N3O6S/c1-37-26-15-13-22(31(33)34)16-25(26)30(38(2,35)36)17-18-6-8-21(9-7-18)28(32)29-24-14-12-20-11-10-19-4-3-5-23(24)27(19)20/h3-9,12-16H,10-11,17H2,1-2H3,(H,29,32). The van der Waals surface area contributed by atoms with E-state index < -0.39 is 14.9 Å². The molecule has 0 atom stereocenters. The predicted molar refractivity (Wildman–Crippen MR) is 146 cm³/mol. The molecule has 194 valence electrons. The summed E-state index contributed by atoms with van der Waals surface area (Å²) < 4.78 is 31.6. The van der Waals surface area contributed by atoms with Crippen molar-refractivity contribution in [3.8, 4) is 5.75 Å². The van der Waals surface area contributed by atoms with Crippen molar-refractivity contribution in [2.24, 2.45) is 0 Å². The Morgan fingerprint density at radius 3 is 2.39 bits per heavy atom. The van der Waals surface area contributed by atoms with E-state index in [4.69, 9.17) is 4.74 Å². The van der Waals surface area contributed by atoms with Crippen molar-refractivity contribution in [3.63, 3.8) is 0 Å². The van der Waals surface area contributed by atoms with Gasteiger partial charge in [-0.1, -0.05) is 36.4 Å². The second-order valence-electron chi connectivity index (χ2n) is 9.15. The fourth-order valence-corrected chi connectivity index (χ4v) is 5.73. The largest absolute Gasteiger partial charge is 0.495 e. The first-order valence-electron chi connectivity index (χ1n) is 11.9. The van der Waals surface area contributed by atoms with Gasteiger partial charge in [0.1, 0.15) is 11.4 Å². The summed E-state index contributed by atoms with van der Waals surface area (Å²) in [6.07, 6.45) is 3.02. The van der Waals surface area contributed by atoms with E-state index in [0.717, 1.165) is 34.5 Å². The lowest BCUT2D eigenvalue weighted by Crippen LogP contribution is -2.29. The number of aryl methyl sites for hydroxylation is 2. The first kappa shape index (κ1) is 25.2. The van der Waals surface area contributed by atoms with Crippen LogP contribution in [0.2, 0.25) is 0 Å². The molecule has 1 N–H and O–H groups in total. The van der Waals surface area contributed by atoms with Crippen molar-refractivity contribution in [3.05, 3.63) is 105 Å². The Morgan fingerprint density at radius 1 is 1.03 bits per heavy atom. The summed E-state index contributed by atoms with van der Waals surface area (Å²) in [7, 11) is -2.47. The van der Waals surface area contributed by atoms with E-state index in [1.807, 2.05) is 18.2 Å². The lowest BCUT2D eigenvalue weighted by Gasteiger charge is -2.24. The van der Waals surface area contributed by atoms with Crippen molar-refractivity contribution >= 4 is 43.8 Å². The van der Waals surface area contributed by atoms with E-state index in [-0.39, 0.29) is 29.6 Å². The molecule has 38 heavy (non-hydrogen) atoms. The van der Waals surface area contributed by atoms with E-state index in [0.29, 0.717) is 11.1 Å². The van der Waals surface area contributed by atoms with Crippen LogP contribution in [0.25, 0.3) is 10.8 Å². The van der Waals surface area contributed by atoms with E-state index in [9.17, 15) is 23.3 Å². The van der Waals surface area contributed by atoms with Gasteiger partial charge in [-0.3, -0.25) is 19.2 Å². The molecule has 4 aromatic carbocycles. The molecule has 0 saturated carbocycles. The molecule has 0 bridgehead atoms. The number of nitrogens with zero attached hydrogens (tertiary/aromatic N) is 2. The van der Waals surface area contributed by atoms with Crippen molar-refractivity contribution in [1.82, 2.24) is 0 Å². The second-order valence-corrected chi connectivity index (χ2v) is 11.1. The Labute approximate surface area is 219 Å². The molecule has 0 spiro atoms. The van der Waals surface area contributed by atoms with Crippen LogP contribution in [0.3, 0.4) is 0 Å². The van der Waals surface area contributed by atoms with Crippen molar-refractivity contribution < 1.29 is 22.9 Å². The average molecular weight is 532 g/mol. The summed E-state index contributed by atoms with van der Waals surface area (Å²) >= 11 is 0. The molecule has 9 nitrogen and oxygen atoms in total. The Kier molecular flexibility index (Phi) is 6.50. The number of rotatable bonds is 8. The minimum Gasteiger partial charge on any atom is -0.495 e. The third-order valence-corrected chi connectivity index (χ3v) is 7.84. The van der Waals surface area contributed by atoms with Gasteiger partial charge in [-0.05, 0) is 59.2 Å². The Bertz CT molecular complexity index is 1670. The molecule has 0 saturated heterocycles. The predicted octanol–water partition coefficient (Wildman–Crippen LogP) is 5.07. The smallest absolute Gasteiger partial charge is 0.271 e. The van der Waals surface area contributed by atoms with Gasteiger partial charge >= 0.3 is 0 Å². The van der Waals surface area contributed by atoms with Crippen LogP contribution < -0.4 is 14.4 Å². The molecule has 5 rings (SSSR count). The highest BCUT2D eigenvalue weighted by atomic mass is 32.2. The SMILES string of the molecule is COc1ccc([N+](=O)[O-])cc1N(Cc1ccc(C(=O)Nc2ccc3c4c(cccc24)CC3)cc1)S(C)(=O)=O. The Balaban J connectivity index is 1.39. The van der Waals surface area contributed by atoms with Crippen LogP contribution >= 0.6 is 0 Å². The van der Waals surface area contributed by atoms with Gasteiger partial charge in [-0.15, -0.1) is 0 Å². The van der Waals surface area contributed by atoms with Crippen LogP contribution in [0.4, 0.5) is 17.1 Å². The summed E-state index contributed by atoms with van der Waals surface area (Å²) in [6, 6.07) is 20.4. The van der Waals surface area contributed by atoms with Crippen LogP contribution in [-0.4, -0.2) is 32.6 Å². The molecule has 1 aliphatic rings. The van der Waals surface area contributed by atoms with E-state index in [2.05, 4.69) is 17.4 Å². The van der Waals surface area contributed by atoms with Gasteiger partial charge in [0.05, 0.1) is 24.8 Å². The number of benzene rings is 4. The fourth-order valence-electron chi connectivity index (χ4n) is 4.85. The number of hydrogen-bond donors (Lipinski definition) is 1. The topological polar surface area (TPSA) is 119 Å². The van der Waals surface area contributed by atoms with Gasteiger partial charge in [0.15, 0.2) is 0 Å². The van der Waals surface area contributed by atoms with E-state index >= 15 is 0 Å². The maximum Gasteiger partial charge on any atom is 0.271 e. The van der Waals surface area contributed by atoms with Gasteiger partial charge < -0.3 is 10.1 Å². The van der Waals surface area contributed by atoms with Gasteiger partial charge in [0.2, 0.25) is 10.0 Å². The summed E-state index contributed by atoms with van der Waals surface area (Å²) in [4.78, 5) is 23.7. The number of nitro groups is 1. The first-order chi connectivity index (χ1) is 18.2. The molecular formula is C28H25N3O6S. The summed E-state index contributed by atoms with van der Waals surface area (Å²) in [5.74, 6) is -0.0991. The number of hydrogen-bond acceptors (Lipinski definition) is 6. The Hall–Kier alpha value is -4.44. The number of anilines is 2. The van der Waals surface area contributed by atoms with Gasteiger partial charge in [0.25, 0.3) is 11.6 Å². The van der Waals surface area contributed by atoms with Crippen LogP contribution in [0.15, 0.2) is 72.8 Å². The highest BCUT2D eigenvalue weighted by Crippen LogP contribution is 2.36. The number of ether oxygens (including phenoxy) is 1. The van der Waals surface area contributed by atoms with E-state index in [1.54, 1.807) is 24.3 Å². The third-order valence-electron chi connectivity index (χ3n) is 6.71. The van der Waals surface area contributed by atoms with Crippen LogP contribution in [-0.2, 0) is 29.4 Å². The normalized spacial score (nSPS) is 12.4. The third kappa shape index (κ3) is 4.78. The van der Waals surface area contributed by atoms with Crippen molar-refractivity contribution in [2.45, 2.75) is 19.4 Å². The monoisotopic (exact) mass is 531 g/mol. The number of methoxy groups -OCH3 is 1. The Morgan fingerprint density at radius 2 is 1.74 bits per heavy atom. The molecule has 0 radical (unpaired) electrons. The molecule has 0 aliphatic heterocycles. The van der Waals surface area contributed by atoms with E-state index in [1.165, 1.54) is 41.8 Å². The van der Waals surface area contributed by atoms with Crippen LogP contribution in [0, 0.1) is 10.1 Å². The number of carbonyl (C=O) groups is 1. The van der Waals surface area contributed by atoms with Crippen LogP contribution in [0.5, 0.6) is 5.75 Å². The summed E-state index contributed by atoms with van der Waals surface area (Å²) in [5, 5.41) is 16.5. The zero-order valence-corrected chi connectivity index (χ0v) is 21.6. The van der Waals surface area contributed by atoms with Crippen molar-refractivity contribution in [2.75, 3.05) is 23.0 Å². The number of non-ortho nitro benzene ring substituents is 1. The molecule has 0 heterocycles. The molecule has 1 amide bonds. The maximum atomic E-state index is 13.0. The molecule has 10 heteroatoms. The van der Waals surface area contributed by atoms with Gasteiger partial charge in [0, 0.05) is 28.8 Å². The first-order valence-corrected chi connectivity index (χ1v) is 13.7. The quantitative estimate of drug-likeness (QED) is 0.250. The van der Waals surface area contributed by atoms with Crippen molar-refractivity contribution in [1.29, 1.82) is 0 Å². The molecule has 4 aromatic rings. The highest BCUT2D eigenvalue weighted by Gasteiger charge is 2.24. The van der Waals surface area contributed by atoms with Crippen LogP contribution in [0.1, 0.15) is 27.0 Å². The fraction of sp³-hybridized carbons (Fsp3) is 0.179. The number of carbonyl (C=O) groups excluding carboxylic acids is 1. The highest BCUT2D eigenvalue weighted by molar-refractivity contribution is 7.92. The van der Waals surface area contributed by atoms with Gasteiger partial charge in [-0.25, -0.2) is 8.42 Å². The second kappa shape index (κ2) is 9.79. The minimum atomic E-state index is -3.83. The molecule has 0 aromatic heterocycles. The average Bonchev–Trinajstić information content (AvgIpc) is 3.32. The zero-order chi connectivity index (χ0) is 27.0. The lowest BCUT2D eigenvalue weighted by atomic mass is 10.0. The summed E-state index contributed by atoms with van der Waals surface area (Å²) in [5.41, 5.74) is 4.11. The molecule has 0 unspecified atom stereocenters. The number of nitro benzene ring substituents is 1. The molecule has 1 aliphatic carbocycles. The minimum absolute atomic E-state index is 0.0538. The lowest BCUT2D eigenvalue weighted by molar-refractivity contribution is -0.384.